The molecule has 3 aromatic rings. The van der Waals surface area contributed by atoms with Gasteiger partial charge in [-0.15, -0.1) is 11.3 Å². The molecule has 0 atom stereocenters. The van der Waals surface area contributed by atoms with Gasteiger partial charge in [0.05, 0.1) is 17.4 Å². The van der Waals surface area contributed by atoms with Gasteiger partial charge in [0.1, 0.15) is 4.88 Å². The lowest BCUT2D eigenvalue weighted by atomic mass is 10.1. The first-order valence-electron chi connectivity index (χ1n) is 7.44. The van der Waals surface area contributed by atoms with Gasteiger partial charge in [-0.3, -0.25) is 4.79 Å². The average Bonchev–Trinajstić information content (AvgIpc) is 3.18. The fourth-order valence-corrected chi connectivity index (χ4v) is 3.06. The van der Waals surface area contributed by atoms with E-state index in [2.05, 4.69) is 22.2 Å². The van der Waals surface area contributed by atoms with Crippen molar-refractivity contribution in [3.05, 3.63) is 52.4 Å². The van der Waals surface area contributed by atoms with Gasteiger partial charge in [-0.1, -0.05) is 6.92 Å². The van der Waals surface area contributed by atoms with E-state index in [1.54, 1.807) is 19.3 Å². The Kier molecular flexibility index (Phi) is 4.52. The molecule has 0 saturated heterocycles. The van der Waals surface area contributed by atoms with Crippen LogP contribution in [0.3, 0.4) is 0 Å². The molecular formula is C17H17N3O2S. The topological polar surface area (TPSA) is 68.0 Å². The molecule has 1 aromatic carbocycles. The molecule has 2 heterocycles. The molecule has 0 saturated carbocycles. The standard InChI is InChI=1S/C17H17N3O2S/c1-3-4-16-19-10-15(23-16)17(21)20-13-7-5-12(6-8-13)14-9-18-11(2)22-14/h5-10H,3-4H2,1-2H3,(H,20,21). The number of anilines is 1. The van der Waals surface area contributed by atoms with E-state index in [0.717, 1.165) is 29.1 Å². The highest BCUT2D eigenvalue weighted by atomic mass is 32.1. The van der Waals surface area contributed by atoms with Crippen LogP contribution in [0.15, 0.2) is 41.1 Å². The number of amides is 1. The summed E-state index contributed by atoms with van der Waals surface area (Å²) in [6.07, 6.45) is 5.26. The van der Waals surface area contributed by atoms with Gasteiger partial charge in [0.25, 0.3) is 5.91 Å². The molecule has 2 aromatic heterocycles. The minimum absolute atomic E-state index is 0.131. The van der Waals surface area contributed by atoms with Crippen molar-refractivity contribution < 1.29 is 9.21 Å². The lowest BCUT2D eigenvalue weighted by molar-refractivity contribution is 0.103. The first-order chi connectivity index (χ1) is 11.2. The van der Waals surface area contributed by atoms with Gasteiger partial charge in [0, 0.05) is 18.2 Å². The number of hydrogen-bond donors (Lipinski definition) is 1. The van der Waals surface area contributed by atoms with E-state index in [9.17, 15) is 4.79 Å². The maximum Gasteiger partial charge on any atom is 0.267 e. The van der Waals surface area contributed by atoms with Crippen molar-refractivity contribution in [3.63, 3.8) is 0 Å². The number of oxazole rings is 1. The first-order valence-corrected chi connectivity index (χ1v) is 8.26. The van der Waals surface area contributed by atoms with E-state index < -0.39 is 0 Å². The zero-order valence-electron chi connectivity index (χ0n) is 13.0. The largest absolute Gasteiger partial charge is 0.441 e. The second kappa shape index (κ2) is 6.75. The second-order valence-corrected chi connectivity index (χ2v) is 6.26. The number of rotatable bonds is 5. The summed E-state index contributed by atoms with van der Waals surface area (Å²) in [4.78, 5) is 21.2. The number of hydrogen-bond acceptors (Lipinski definition) is 5. The number of carbonyl (C=O) groups is 1. The molecule has 1 amide bonds. The van der Waals surface area contributed by atoms with Crippen molar-refractivity contribution in [3.8, 4) is 11.3 Å². The fourth-order valence-electron chi connectivity index (χ4n) is 2.15. The molecule has 0 aliphatic rings. The van der Waals surface area contributed by atoms with Crippen LogP contribution in [0.2, 0.25) is 0 Å². The number of nitrogens with zero attached hydrogens (tertiary/aromatic N) is 2. The van der Waals surface area contributed by atoms with E-state index in [0.29, 0.717) is 16.5 Å². The Morgan fingerprint density at radius 2 is 2.00 bits per heavy atom. The number of benzene rings is 1. The van der Waals surface area contributed by atoms with Crippen LogP contribution in [0, 0.1) is 6.92 Å². The van der Waals surface area contributed by atoms with Crippen LogP contribution < -0.4 is 5.32 Å². The normalized spacial score (nSPS) is 10.7. The molecule has 0 radical (unpaired) electrons. The lowest BCUT2D eigenvalue weighted by Gasteiger charge is -2.04. The Hall–Kier alpha value is -2.47. The SMILES string of the molecule is CCCc1ncc(C(=O)Nc2ccc(-c3cnc(C)o3)cc2)s1. The predicted molar refractivity (Wildman–Crippen MR) is 90.7 cm³/mol. The smallest absolute Gasteiger partial charge is 0.267 e. The third kappa shape index (κ3) is 3.65. The summed E-state index contributed by atoms with van der Waals surface area (Å²) in [6, 6.07) is 7.48. The molecule has 6 heteroatoms. The van der Waals surface area contributed by atoms with Gasteiger partial charge in [-0.05, 0) is 37.1 Å². The maximum atomic E-state index is 12.2. The van der Waals surface area contributed by atoms with Gasteiger partial charge in [-0.25, -0.2) is 9.97 Å². The van der Waals surface area contributed by atoms with Gasteiger partial charge >= 0.3 is 0 Å². The number of aromatic nitrogens is 2. The number of nitrogens with one attached hydrogen (secondary N) is 1. The van der Waals surface area contributed by atoms with E-state index >= 15 is 0 Å². The van der Waals surface area contributed by atoms with Crippen LogP contribution in [-0.4, -0.2) is 15.9 Å². The average molecular weight is 327 g/mol. The van der Waals surface area contributed by atoms with Crippen LogP contribution in [-0.2, 0) is 6.42 Å². The molecular weight excluding hydrogens is 310 g/mol. The molecule has 1 N–H and O–H groups in total. The summed E-state index contributed by atoms with van der Waals surface area (Å²) in [7, 11) is 0. The van der Waals surface area contributed by atoms with E-state index in [1.165, 1.54) is 11.3 Å². The minimum atomic E-state index is -0.131. The molecule has 23 heavy (non-hydrogen) atoms. The molecule has 0 aliphatic carbocycles. The zero-order valence-corrected chi connectivity index (χ0v) is 13.8. The quantitative estimate of drug-likeness (QED) is 0.758. The molecule has 5 nitrogen and oxygen atoms in total. The number of aryl methyl sites for hydroxylation is 2. The Morgan fingerprint density at radius 1 is 1.22 bits per heavy atom. The Labute approximate surface area is 138 Å². The van der Waals surface area contributed by atoms with Gasteiger partial charge < -0.3 is 9.73 Å². The van der Waals surface area contributed by atoms with Crippen molar-refractivity contribution in [2.75, 3.05) is 5.32 Å². The summed E-state index contributed by atoms with van der Waals surface area (Å²) in [5.74, 6) is 1.21. The van der Waals surface area contributed by atoms with Crippen molar-refractivity contribution in [1.29, 1.82) is 0 Å². The van der Waals surface area contributed by atoms with Gasteiger partial charge in [0.15, 0.2) is 11.7 Å². The molecule has 0 fully saturated rings. The van der Waals surface area contributed by atoms with E-state index in [4.69, 9.17) is 4.42 Å². The van der Waals surface area contributed by atoms with Crippen molar-refractivity contribution in [1.82, 2.24) is 9.97 Å². The maximum absolute atomic E-state index is 12.2. The zero-order chi connectivity index (χ0) is 16.2. The predicted octanol–water partition coefficient (Wildman–Crippen LogP) is 4.31. The van der Waals surface area contributed by atoms with Crippen LogP contribution in [0.5, 0.6) is 0 Å². The molecule has 0 unspecified atom stereocenters. The Bertz CT molecular complexity index is 805. The lowest BCUT2D eigenvalue weighted by Crippen LogP contribution is -2.09. The molecule has 0 bridgehead atoms. The van der Waals surface area contributed by atoms with Crippen LogP contribution in [0.25, 0.3) is 11.3 Å². The molecule has 0 spiro atoms. The van der Waals surface area contributed by atoms with E-state index in [1.807, 2.05) is 24.3 Å². The molecule has 3 rings (SSSR count). The van der Waals surface area contributed by atoms with Crippen molar-refractivity contribution >= 4 is 22.9 Å². The van der Waals surface area contributed by atoms with Crippen LogP contribution in [0.1, 0.15) is 33.9 Å². The summed E-state index contributed by atoms with van der Waals surface area (Å²) >= 11 is 1.44. The van der Waals surface area contributed by atoms with E-state index in [-0.39, 0.29) is 5.91 Å². The number of carbonyl (C=O) groups excluding carboxylic acids is 1. The highest BCUT2D eigenvalue weighted by molar-refractivity contribution is 7.13. The Balaban J connectivity index is 1.68. The third-order valence-electron chi connectivity index (χ3n) is 3.29. The third-order valence-corrected chi connectivity index (χ3v) is 4.35. The summed E-state index contributed by atoms with van der Waals surface area (Å²) in [6.45, 7) is 3.90. The summed E-state index contributed by atoms with van der Waals surface area (Å²) in [5.41, 5.74) is 1.66. The monoisotopic (exact) mass is 327 g/mol. The fraction of sp³-hybridized carbons (Fsp3) is 0.235. The summed E-state index contributed by atoms with van der Waals surface area (Å²) < 4.78 is 5.48. The Morgan fingerprint density at radius 3 is 2.65 bits per heavy atom. The number of thiazole rings is 1. The van der Waals surface area contributed by atoms with Crippen LogP contribution >= 0.6 is 11.3 Å². The van der Waals surface area contributed by atoms with Crippen LogP contribution in [0.4, 0.5) is 5.69 Å². The highest BCUT2D eigenvalue weighted by Gasteiger charge is 2.11. The first kappa shape index (κ1) is 15.4. The molecule has 118 valence electrons. The highest BCUT2D eigenvalue weighted by Crippen LogP contribution is 2.23. The second-order valence-electron chi connectivity index (χ2n) is 5.14. The van der Waals surface area contributed by atoms with Gasteiger partial charge in [-0.2, -0.15) is 0 Å². The van der Waals surface area contributed by atoms with Gasteiger partial charge in [0.2, 0.25) is 0 Å². The van der Waals surface area contributed by atoms with Crippen molar-refractivity contribution in [2.45, 2.75) is 26.7 Å². The minimum Gasteiger partial charge on any atom is -0.441 e. The molecule has 0 aliphatic heterocycles. The van der Waals surface area contributed by atoms with Crippen molar-refractivity contribution in [2.24, 2.45) is 0 Å². The summed E-state index contributed by atoms with van der Waals surface area (Å²) in [5, 5.41) is 3.88.